The van der Waals surface area contributed by atoms with Gasteiger partial charge in [0.1, 0.15) is 11.3 Å². The molecule has 0 aliphatic carbocycles. The lowest BCUT2D eigenvalue weighted by molar-refractivity contribution is 0.247. The first kappa shape index (κ1) is 23.8. The summed E-state index contributed by atoms with van der Waals surface area (Å²) in [4.78, 5) is 2.58. The molecule has 2 aromatic rings. The molecule has 29 heavy (non-hydrogen) atoms. The van der Waals surface area contributed by atoms with Gasteiger partial charge in [-0.3, -0.25) is 0 Å². The highest BCUT2D eigenvalue weighted by atomic mass is 19.1. The van der Waals surface area contributed by atoms with Crippen molar-refractivity contribution >= 4 is 11.0 Å². The van der Waals surface area contributed by atoms with Gasteiger partial charge in [0.2, 0.25) is 0 Å². The van der Waals surface area contributed by atoms with Gasteiger partial charge >= 0.3 is 0 Å². The van der Waals surface area contributed by atoms with Gasteiger partial charge in [-0.15, -0.1) is 5.10 Å². The molecule has 0 aliphatic rings. The van der Waals surface area contributed by atoms with Gasteiger partial charge in [-0.2, -0.15) is 0 Å². The van der Waals surface area contributed by atoms with E-state index in [1.807, 2.05) is 4.68 Å². The predicted octanol–water partition coefficient (Wildman–Crippen LogP) is 6.59. The van der Waals surface area contributed by atoms with Gasteiger partial charge in [0, 0.05) is 12.6 Å². The highest BCUT2D eigenvalue weighted by Gasteiger charge is 2.09. The number of aromatic nitrogens is 3. The van der Waals surface area contributed by atoms with Gasteiger partial charge in [-0.25, -0.2) is 9.07 Å². The van der Waals surface area contributed by atoms with E-state index in [1.54, 1.807) is 12.1 Å². The van der Waals surface area contributed by atoms with E-state index in [0.29, 0.717) is 0 Å². The number of hydrogen-bond donors (Lipinski definition) is 0. The van der Waals surface area contributed by atoms with Crippen LogP contribution in [0.5, 0.6) is 0 Å². The van der Waals surface area contributed by atoms with Gasteiger partial charge in [-0.1, -0.05) is 83.3 Å². The first-order chi connectivity index (χ1) is 14.2. The lowest BCUT2D eigenvalue weighted by Crippen LogP contribution is -2.30. The van der Waals surface area contributed by atoms with Crippen molar-refractivity contribution in [2.24, 2.45) is 0 Å². The summed E-state index contributed by atoms with van der Waals surface area (Å²) >= 11 is 0. The lowest BCUT2D eigenvalue weighted by Gasteiger charge is -2.22. The van der Waals surface area contributed by atoms with Crippen molar-refractivity contribution in [3.8, 4) is 0 Å². The zero-order chi connectivity index (χ0) is 20.7. The lowest BCUT2D eigenvalue weighted by atomic mass is 10.1. The largest absolute Gasteiger partial charge is 0.301 e. The fourth-order valence-electron chi connectivity index (χ4n) is 3.91. The molecule has 0 fully saturated rings. The summed E-state index contributed by atoms with van der Waals surface area (Å²) < 4.78 is 15.5. The molecule has 0 radical (unpaired) electrons. The number of fused-ring (bicyclic) bond motifs is 1. The molecule has 0 N–H and O–H groups in total. The smallest absolute Gasteiger partial charge is 0.125 e. The fraction of sp³-hybridized carbons (Fsp3) is 0.750. The molecular weight excluding hydrogens is 363 g/mol. The zero-order valence-electron chi connectivity index (χ0n) is 18.7. The van der Waals surface area contributed by atoms with E-state index < -0.39 is 0 Å². The van der Waals surface area contributed by atoms with Crippen LogP contribution in [-0.4, -0.2) is 39.5 Å². The molecule has 0 saturated heterocycles. The first-order valence-electron chi connectivity index (χ1n) is 12.0. The minimum absolute atomic E-state index is 0.225. The Kier molecular flexibility index (Phi) is 11.9. The maximum atomic E-state index is 13.6. The van der Waals surface area contributed by atoms with Crippen molar-refractivity contribution in [2.45, 2.75) is 97.4 Å². The predicted molar refractivity (Wildman–Crippen MR) is 121 cm³/mol. The highest BCUT2D eigenvalue weighted by molar-refractivity contribution is 5.73. The zero-order valence-corrected chi connectivity index (χ0v) is 18.7. The Bertz CT molecular complexity index is 654. The normalized spacial score (nSPS) is 11.7. The van der Waals surface area contributed by atoms with Crippen LogP contribution in [0.1, 0.15) is 90.9 Å². The van der Waals surface area contributed by atoms with Crippen LogP contribution < -0.4 is 0 Å². The highest BCUT2D eigenvalue weighted by Crippen LogP contribution is 2.13. The molecule has 1 heterocycles. The molecular formula is C24H41FN4. The standard InChI is InChI=1S/C24H41FN4/c1-3-5-7-9-11-13-17-28(18-14-12-10-8-6-4-2)19-20-29-24-21-22(25)15-16-23(24)26-27-29/h15-16,21H,3-14,17-20H2,1-2H3. The maximum Gasteiger partial charge on any atom is 0.125 e. The second kappa shape index (κ2) is 14.5. The quantitative estimate of drug-likeness (QED) is 0.279. The Morgan fingerprint density at radius 1 is 0.793 bits per heavy atom. The summed E-state index contributed by atoms with van der Waals surface area (Å²) in [6.07, 6.45) is 15.9. The van der Waals surface area contributed by atoms with Gasteiger partial charge in [-0.05, 0) is 38.1 Å². The monoisotopic (exact) mass is 404 g/mol. The van der Waals surface area contributed by atoms with Crippen LogP contribution in [-0.2, 0) is 6.54 Å². The first-order valence-corrected chi connectivity index (χ1v) is 12.0. The van der Waals surface area contributed by atoms with Gasteiger partial charge in [0.15, 0.2) is 0 Å². The van der Waals surface area contributed by atoms with E-state index in [0.717, 1.165) is 37.2 Å². The SMILES string of the molecule is CCCCCCCCN(CCCCCCCC)CCn1nnc2ccc(F)cc21. The van der Waals surface area contributed by atoms with E-state index in [2.05, 4.69) is 29.1 Å². The summed E-state index contributed by atoms with van der Waals surface area (Å²) in [6, 6.07) is 4.70. The molecule has 164 valence electrons. The van der Waals surface area contributed by atoms with E-state index in [9.17, 15) is 4.39 Å². The molecule has 4 nitrogen and oxygen atoms in total. The molecule has 0 atom stereocenters. The summed E-state index contributed by atoms with van der Waals surface area (Å²) in [5, 5.41) is 8.42. The number of rotatable bonds is 17. The summed E-state index contributed by atoms with van der Waals surface area (Å²) in [6.45, 7) is 8.57. The summed E-state index contributed by atoms with van der Waals surface area (Å²) in [7, 11) is 0. The summed E-state index contributed by atoms with van der Waals surface area (Å²) in [5.41, 5.74) is 1.56. The molecule has 0 unspecified atom stereocenters. The van der Waals surface area contributed by atoms with Crippen LogP contribution in [0.25, 0.3) is 11.0 Å². The van der Waals surface area contributed by atoms with E-state index in [4.69, 9.17) is 0 Å². The number of benzene rings is 1. The van der Waals surface area contributed by atoms with Crippen LogP contribution in [0.2, 0.25) is 0 Å². The van der Waals surface area contributed by atoms with Crippen molar-refractivity contribution in [1.82, 2.24) is 19.9 Å². The Morgan fingerprint density at radius 3 is 2.00 bits per heavy atom. The third-order valence-corrected chi connectivity index (χ3v) is 5.76. The average Bonchev–Trinajstić information content (AvgIpc) is 3.12. The third kappa shape index (κ3) is 9.24. The molecule has 2 rings (SSSR count). The van der Waals surface area contributed by atoms with Crippen LogP contribution in [0.15, 0.2) is 18.2 Å². The van der Waals surface area contributed by atoms with Gasteiger partial charge in [0.25, 0.3) is 0 Å². The minimum Gasteiger partial charge on any atom is -0.301 e. The molecule has 0 amide bonds. The topological polar surface area (TPSA) is 34.0 Å². The Hall–Kier alpha value is -1.49. The van der Waals surface area contributed by atoms with Crippen molar-refractivity contribution in [1.29, 1.82) is 0 Å². The molecule has 1 aromatic heterocycles. The molecule has 5 heteroatoms. The van der Waals surface area contributed by atoms with Crippen molar-refractivity contribution in [2.75, 3.05) is 19.6 Å². The fourth-order valence-corrected chi connectivity index (χ4v) is 3.91. The average molecular weight is 405 g/mol. The Labute approximate surface area is 176 Å². The van der Waals surface area contributed by atoms with Crippen molar-refractivity contribution < 1.29 is 4.39 Å². The third-order valence-electron chi connectivity index (χ3n) is 5.76. The van der Waals surface area contributed by atoms with Crippen LogP contribution in [0.3, 0.4) is 0 Å². The van der Waals surface area contributed by atoms with Crippen LogP contribution in [0, 0.1) is 5.82 Å². The van der Waals surface area contributed by atoms with Crippen LogP contribution in [0.4, 0.5) is 4.39 Å². The molecule has 0 saturated carbocycles. The molecule has 0 aliphatic heterocycles. The van der Waals surface area contributed by atoms with E-state index in [1.165, 1.54) is 83.1 Å². The Balaban J connectivity index is 1.79. The van der Waals surface area contributed by atoms with Crippen molar-refractivity contribution in [3.05, 3.63) is 24.0 Å². The second-order valence-corrected chi connectivity index (χ2v) is 8.32. The molecule has 1 aromatic carbocycles. The number of nitrogens with zero attached hydrogens (tertiary/aromatic N) is 4. The number of halogens is 1. The van der Waals surface area contributed by atoms with Crippen molar-refractivity contribution in [3.63, 3.8) is 0 Å². The minimum atomic E-state index is -0.225. The maximum absolute atomic E-state index is 13.6. The number of hydrogen-bond acceptors (Lipinski definition) is 3. The Morgan fingerprint density at radius 2 is 1.38 bits per heavy atom. The van der Waals surface area contributed by atoms with Gasteiger partial charge < -0.3 is 4.90 Å². The molecule has 0 spiro atoms. The number of unbranched alkanes of at least 4 members (excludes halogenated alkanes) is 10. The van der Waals surface area contributed by atoms with E-state index >= 15 is 0 Å². The van der Waals surface area contributed by atoms with Crippen LogP contribution >= 0.6 is 0 Å². The summed E-state index contributed by atoms with van der Waals surface area (Å²) in [5.74, 6) is -0.225. The molecule has 0 bridgehead atoms. The second-order valence-electron chi connectivity index (χ2n) is 8.32. The van der Waals surface area contributed by atoms with Gasteiger partial charge in [0.05, 0.1) is 12.1 Å². The van der Waals surface area contributed by atoms with E-state index in [-0.39, 0.29) is 5.82 Å².